The van der Waals surface area contributed by atoms with E-state index < -0.39 is 20.3 Å². The molecular formula is C14H12BrCl2Tl. The normalized spacial score (nSPS) is 10.5. The van der Waals surface area contributed by atoms with Gasteiger partial charge in [0.05, 0.1) is 0 Å². The third kappa shape index (κ3) is 3.30. The molecule has 4 heteroatoms. The monoisotopic (exact) mass is 534 g/mol. The van der Waals surface area contributed by atoms with Crippen molar-refractivity contribution in [2.45, 2.75) is 13.8 Å². The van der Waals surface area contributed by atoms with Crippen LogP contribution in [-0.4, -0.2) is 20.3 Å². The van der Waals surface area contributed by atoms with Crippen LogP contribution in [-0.2, 0) is 0 Å². The van der Waals surface area contributed by atoms with Crippen LogP contribution in [0.1, 0.15) is 11.1 Å². The summed E-state index contributed by atoms with van der Waals surface area (Å²) in [6.45, 7) is 4.05. The third-order valence-corrected chi connectivity index (χ3v) is 20.4. The molecule has 0 N–H and O–H groups in total. The van der Waals surface area contributed by atoms with Gasteiger partial charge in [0.1, 0.15) is 0 Å². The molecule has 0 atom stereocenters. The van der Waals surface area contributed by atoms with Crippen molar-refractivity contribution in [2.75, 3.05) is 0 Å². The van der Waals surface area contributed by atoms with Gasteiger partial charge in [0.15, 0.2) is 0 Å². The summed E-state index contributed by atoms with van der Waals surface area (Å²) < 4.78 is 2.70. The molecule has 0 radical (unpaired) electrons. The van der Waals surface area contributed by atoms with Crippen molar-refractivity contribution in [1.29, 1.82) is 0 Å². The summed E-state index contributed by atoms with van der Waals surface area (Å²) in [7, 11) is 0. The summed E-state index contributed by atoms with van der Waals surface area (Å²) in [5.74, 6) is 0. The van der Waals surface area contributed by atoms with Crippen molar-refractivity contribution in [3.63, 3.8) is 0 Å². The van der Waals surface area contributed by atoms with Crippen LogP contribution in [0.15, 0.2) is 36.4 Å². The zero-order chi connectivity index (χ0) is 13.3. The molecule has 2 aromatic carbocycles. The topological polar surface area (TPSA) is 0 Å². The number of hydrogen-bond acceptors (Lipinski definition) is 0. The molecule has 0 spiro atoms. The Bertz CT molecular complexity index is 533. The van der Waals surface area contributed by atoms with E-state index in [0.717, 1.165) is 21.2 Å². The second-order valence-electron chi connectivity index (χ2n) is 4.38. The minimum atomic E-state index is -2.26. The Morgan fingerprint density at radius 2 is 1.22 bits per heavy atom. The van der Waals surface area contributed by atoms with Crippen molar-refractivity contribution in [3.8, 4) is 0 Å². The molecule has 0 saturated carbocycles. The van der Waals surface area contributed by atoms with Crippen molar-refractivity contribution in [2.24, 2.45) is 0 Å². The quantitative estimate of drug-likeness (QED) is 0.508. The van der Waals surface area contributed by atoms with E-state index in [9.17, 15) is 0 Å². The molecule has 0 saturated heterocycles. The molecule has 0 heterocycles. The van der Waals surface area contributed by atoms with Crippen LogP contribution < -0.4 is 6.25 Å². The average Bonchev–Trinajstić information content (AvgIpc) is 2.35. The van der Waals surface area contributed by atoms with Gasteiger partial charge < -0.3 is 0 Å². The van der Waals surface area contributed by atoms with Crippen LogP contribution >= 0.6 is 35.2 Å². The fourth-order valence-electron chi connectivity index (χ4n) is 1.73. The van der Waals surface area contributed by atoms with Gasteiger partial charge >= 0.3 is 133 Å². The molecule has 0 aliphatic rings. The maximum absolute atomic E-state index is 6.19. The Labute approximate surface area is 132 Å². The zero-order valence-electron chi connectivity index (χ0n) is 10.2. The molecule has 92 valence electrons. The van der Waals surface area contributed by atoms with E-state index in [2.05, 4.69) is 48.4 Å². The molecule has 2 aromatic rings. The molecule has 0 nitrogen and oxygen atoms in total. The Hall–Kier alpha value is 0.422. The molecule has 0 aliphatic heterocycles. The van der Waals surface area contributed by atoms with Crippen LogP contribution in [0, 0.1) is 13.8 Å². The Morgan fingerprint density at radius 3 is 1.56 bits per heavy atom. The SMILES string of the molecule is Cc1cc[c]([Tl]([Br])[c]2ccc(C)c(Cl)c2)cc1Cl. The molecule has 0 fully saturated rings. The number of rotatable bonds is 2. The van der Waals surface area contributed by atoms with Gasteiger partial charge in [0.2, 0.25) is 0 Å². The van der Waals surface area contributed by atoms with Gasteiger partial charge in [-0.05, 0) is 0 Å². The van der Waals surface area contributed by atoms with Gasteiger partial charge in [0, 0.05) is 0 Å². The summed E-state index contributed by atoms with van der Waals surface area (Å²) in [5, 5.41) is 1.69. The first-order valence-corrected chi connectivity index (χ1v) is 20.6. The van der Waals surface area contributed by atoms with Gasteiger partial charge in [-0.1, -0.05) is 0 Å². The van der Waals surface area contributed by atoms with Gasteiger partial charge in [-0.2, -0.15) is 0 Å². The van der Waals surface area contributed by atoms with Gasteiger partial charge in [0.25, 0.3) is 0 Å². The summed E-state index contributed by atoms with van der Waals surface area (Å²) >= 11 is 14.0. The Balaban J connectivity index is 2.37. The van der Waals surface area contributed by atoms with E-state index in [1.165, 1.54) is 6.25 Å². The van der Waals surface area contributed by atoms with Gasteiger partial charge in [-0.15, -0.1) is 0 Å². The zero-order valence-corrected chi connectivity index (χ0v) is 17.8. The number of aryl methyl sites for hydroxylation is 2. The average molecular weight is 535 g/mol. The first kappa shape index (κ1) is 14.8. The van der Waals surface area contributed by atoms with Crippen LogP contribution in [0.3, 0.4) is 0 Å². The second kappa shape index (κ2) is 6.25. The number of benzene rings is 2. The molecule has 0 amide bonds. The number of halogens is 3. The first-order valence-electron chi connectivity index (χ1n) is 5.65. The summed E-state index contributed by atoms with van der Waals surface area (Å²) in [4.78, 5) is 0. The minimum absolute atomic E-state index is 0.843. The molecule has 0 bridgehead atoms. The van der Waals surface area contributed by atoms with E-state index in [-0.39, 0.29) is 0 Å². The molecule has 0 aliphatic carbocycles. The van der Waals surface area contributed by atoms with Gasteiger partial charge in [-0.25, -0.2) is 0 Å². The molecule has 0 aromatic heterocycles. The summed E-state index contributed by atoms with van der Waals surface area (Å²) in [6, 6.07) is 12.7. The predicted octanol–water partition coefficient (Wildman–Crippen LogP) is 4.11. The summed E-state index contributed by atoms with van der Waals surface area (Å²) in [6.07, 6.45) is 0. The van der Waals surface area contributed by atoms with Crippen LogP contribution in [0.4, 0.5) is 0 Å². The van der Waals surface area contributed by atoms with Crippen LogP contribution in [0.5, 0.6) is 0 Å². The first-order chi connectivity index (χ1) is 8.49. The fourth-order valence-corrected chi connectivity index (χ4v) is 13.9. The predicted molar refractivity (Wildman–Crippen MR) is 86.3 cm³/mol. The third-order valence-electron chi connectivity index (χ3n) is 2.98. The Kier molecular flexibility index (Phi) is 5.15. The molecule has 18 heavy (non-hydrogen) atoms. The van der Waals surface area contributed by atoms with Crippen LogP contribution in [0.2, 0.25) is 10.0 Å². The van der Waals surface area contributed by atoms with E-state index in [4.69, 9.17) is 23.2 Å². The van der Waals surface area contributed by atoms with Crippen LogP contribution in [0.25, 0.3) is 0 Å². The van der Waals surface area contributed by atoms with E-state index in [1.54, 1.807) is 0 Å². The van der Waals surface area contributed by atoms with Crippen molar-refractivity contribution in [3.05, 3.63) is 57.6 Å². The summed E-state index contributed by atoms with van der Waals surface area (Å²) in [5.41, 5.74) is 2.24. The van der Waals surface area contributed by atoms with Gasteiger partial charge in [-0.3, -0.25) is 0 Å². The number of hydrogen-bond donors (Lipinski definition) is 0. The molecular weight excluding hydrogens is 523 g/mol. The van der Waals surface area contributed by atoms with Crippen molar-refractivity contribution >= 4 is 61.7 Å². The fraction of sp³-hybridized carbons (Fsp3) is 0.143. The molecule has 0 unspecified atom stereocenters. The Morgan fingerprint density at radius 1 is 0.833 bits per heavy atom. The van der Waals surface area contributed by atoms with Crippen molar-refractivity contribution < 1.29 is 0 Å². The van der Waals surface area contributed by atoms with E-state index >= 15 is 0 Å². The second-order valence-corrected chi connectivity index (χ2v) is 21.2. The standard InChI is InChI=1S/2C7H6Cl.BrH.Tl/c2*1-6-4-2-3-5-7(6)8;;/h2*2,4-5H,1H3;1H;/q;;;+1/p-1. The van der Waals surface area contributed by atoms with E-state index in [0.29, 0.717) is 0 Å². The maximum atomic E-state index is 6.19. The van der Waals surface area contributed by atoms with E-state index in [1.807, 2.05) is 13.8 Å². The van der Waals surface area contributed by atoms with Crippen molar-refractivity contribution in [1.82, 2.24) is 0 Å². The molecule has 2 rings (SSSR count).